The molecule has 0 spiro atoms. The van der Waals surface area contributed by atoms with Gasteiger partial charge in [-0.15, -0.1) is 0 Å². The normalized spacial score (nSPS) is 19.4. The molecule has 26 heavy (non-hydrogen) atoms. The molecule has 0 unspecified atom stereocenters. The maximum atomic E-state index is 13.0. The fourth-order valence-electron chi connectivity index (χ4n) is 2.96. The van der Waals surface area contributed by atoms with Crippen LogP contribution >= 0.6 is 11.6 Å². The van der Waals surface area contributed by atoms with Gasteiger partial charge in [-0.25, -0.2) is 4.79 Å². The van der Waals surface area contributed by atoms with E-state index in [0.29, 0.717) is 10.6 Å². The Morgan fingerprint density at radius 3 is 2.46 bits per heavy atom. The SMILES string of the molecule is C=C1NC(=O)N[C@H](c2ccccc2[N+](=O)[O-])[C@@H]1C(=O)c1ccc(Cl)cc1. The zero-order chi connectivity index (χ0) is 18.8. The van der Waals surface area contributed by atoms with Gasteiger partial charge in [0, 0.05) is 22.3 Å². The Morgan fingerprint density at radius 1 is 1.15 bits per heavy atom. The van der Waals surface area contributed by atoms with E-state index in [-0.39, 0.29) is 22.7 Å². The molecule has 7 nitrogen and oxygen atoms in total. The number of nitro groups is 1. The Kier molecular flexibility index (Phi) is 4.73. The largest absolute Gasteiger partial charge is 0.330 e. The zero-order valence-electron chi connectivity index (χ0n) is 13.4. The summed E-state index contributed by atoms with van der Waals surface area (Å²) >= 11 is 5.86. The number of rotatable bonds is 4. The van der Waals surface area contributed by atoms with Gasteiger partial charge in [0.05, 0.1) is 22.4 Å². The average Bonchev–Trinajstić information content (AvgIpc) is 2.61. The predicted molar refractivity (Wildman–Crippen MR) is 95.9 cm³/mol. The number of hydrogen-bond donors (Lipinski definition) is 2. The summed E-state index contributed by atoms with van der Waals surface area (Å²) < 4.78 is 0. The highest BCUT2D eigenvalue weighted by Gasteiger charge is 2.40. The van der Waals surface area contributed by atoms with E-state index < -0.39 is 22.9 Å². The maximum absolute atomic E-state index is 13.0. The quantitative estimate of drug-likeness (QED) is 0.487. The van der Waals surface area contributed by atoms with Crippen LogP contribution in [0.25, 0.3) is 0 Å². The first-order chi connectivity index (χ1) is 12.4. The van der Waals surface area contributed by atoms with Crippen molar-refractivity contribution in [2.24, 2.45) is 5.92 Å². The van der Waals surface area contributed by atoms with Gasteiger partial charge in [-0.2, -0.15) is 0 Å². The fraction of sp³-hybridized carbons (Fsp3) is 0.111. The second-order valence-corrected chi connectivity index (χ2v) is 6.20. The molecule has 0 radical (unpaired) electrons. The van der Waals surface area contributed by atoms with Gasteiger partial charge in [-0.3, -0.25) is 14.9 Å². The van der Waals surface area contributed by atoms with Crippen LogP contribution in [-0.4, -0.2) is 16.7 Å². The summed E-state index contributed by atoms with van der Waals surface area (Å²) in [5.41, 5.74) is 0.598. The van der Waals surface area contributed by atoms with Crippen LogP contribution in [0.15, 0.2) is 60.8 Å². The van der Waals surface area contributed by atoms with Crippen LogP contribution in [0.3, 0.4) is 0 Å². The van der Waals surface area contributed by atoms with Crippen molar-refractivity contribution in [3.05, 3.63) is 87.1 Å². The number of nitro benzene ring substituents is 1. The molecule has 1 fully saturated rings. The number of carbonyl (C=O) groups is 2. The molecular weight excluding hydrogens is 358 g/mol. The molecule has 132 valence electrons. The number of hydrogen-bond acceptors (Lipinski definition) is 4. The van der Waals surface area contributed by atoms with Crippen molar-refractivity contribution < 1.29 is 14.5 Å². The van der Waals surface area contributed by atoms with Crippen molar-refractivity contribution >= 4 is 29.1 Å². The van der Waals surface area contributed by atoms with Crippen LogP contribution in [-0.2, 0) is 0 Å². The molecular formula is C18H14ClN3O4. The third-order valence-electron chi connectivity index (χ3n) is 4.15. The van der Waals surface area contributed by atoms with Gasteiger partial charge in [-0.05, 0) is 24.3 Å². The summed E-state index contributed by atoms with van der Waals surface area (Å²) in [5, 5.41) is 16.9. The van der Waals surface area contributed by atoms with Crippen LogP contribution in [0, 0.1) is 16.0 Å². The minimum absolute atomic E-state index is 0.178. The van der Waals surface area contributed by atoms with Crippen molar-refractivity contribution in [1.29, 1.82) is 0 Å². The van der Waals surface area contributed by atoms with Gasteiger partial charge in [0.25, 0.3) is 5.69 Å². The van der Waals surface area contributed by atoms with Gasteiger partial charge in [0.15, 0.2) is 5.78 Å². The van der Waals surface area contributed by atoms with Crippen molar-refractivity contribution in [2.45, 2.75) is 6.04 Å². The van der Waals surface area contributed by atoms with Crippen LogP contribution in [0.5, 0.6) is 0 Å². The molecule has 1 heterocycles. The third-order valence-corrected chi connectivity index (χ3v) is 4.40. The molecule has 0 saturated carbocycles. The lowest BCUT2D eigenvalue weighted by atomic mass is 9.83. The average molecular weight is 372 g/mol. The molecule has 1 saturated heterocycles. The van der Waals surface area contributed by atoms with Crippen molar-refractivity contribution in [2.75, 3.05) is 0 Å². The number of nitrogens with one attached hydrogen (secondary N) is 2. The first-order valence-corrected chi connectivity index (χ1v) is 8.05. The van der Waals surface area contributed by atoms with E-state index in [1.807, 2.05) is 0 Å². The zero-order valence-corrected chi connectivity index (χ0v) is 14.2. The number of amides is 2. The number of Topliss-reactive ketones (excluding diaryl/α,β-unsaturated/α-hetero) is 1. The number of nitrogens with zero attached hydrogens (tertiary/aromatic N) is 1. The van der Waals surface area contributed by atoms with E-state index >= 15 is 0 Å². The maximum Gasteiger partial charge on any atom is 0.319 e. The van der Waals surface area contributed by atoms with E-state index in [1.165, 1.54) is 18.2 Å². The van der Waals surface area contributed by atoms with Crippen molar-refractivity contribution in [3.63, 3.8) is 0 Å². The van der Waals surface area contributed by atoms with Crippen LogP contribution in [0.1, 0.15) is 22.0 Å². The summed E-state index contributed by atoms with van der Waals surface area (Å²) in [4.78, 5) is 35.8. The third kappa shape index (κ3) is 3.29. The standard InChI is InChI=1S/C18H14ClN3O4/c1-10-15(17(23)11-6-8-12(19)9-7-11)16(21-18(24)20-10)13-4-2-3-5-14(13)22(25)26/h2-9,15-16H,1H2,(H2,20,21,24)/t15-,16-/m1/s1. The smallest absolute Gasteiger partial charge is 0.319 e. The van der Waals surface area contributed by atoms with Gasteiger partial charge in [0.2, 0.25) is 0 Å². The molecule has 2 aromatic rings. The number of para-hydroxylation sites is 1. The molecule has 0 aliphatic carbocycles. The van der Waals surface area contributed by atoms with E-state index in [2.05, 4.69) is 17.2 Å². The van der Waals surface area contributed by atoms with E-state index in [9.17, 15) is 19.7 Å². The Morgan fingerprint density at radius 2 is 1.81 bits per heavy atom. The van der Waals surface area contributed by atoms with E-state index in [1.54, 1.807) is 30.3 Å². The van der Waals surface area contributed by atoms with Gasteiger partial charge in [0.1, 0.15) is 0 Å². The lowest BCUT2D eigenvalue weighted by Gasteiger charge is -2.33. The number of benzene rings is 2. The number of carbonyl (C=O) groups excluding carboxylic acids is 2. The summed E-state index contributed by atoms with van der Waals surface area (Å²) in [5.74, 6) is -1.24. The number of urea groups is 1. The molecule has 0 aromatic heterocycles. The molecule has 8 heteroatoms. The molecule has 0 bridgehead atoms. The molecule has 2 N–H and O–H groups in total. The van der Waals surface area contributed by atoms with Crippen molar-refractivity contribution in [3.8, 4) is 0 Å². The number of ketones is 1. The molecule has 2 atom stereocenters. The Bertz CT molecular complexity index is 911. The molecule has 1 aliphatic rings. The summed E-state index contributed by atoms with van der Waals surface area (Å²) in [7, 11) is 0. The highest BCUT2D eigenvalue weighted by molar-refractivity contribution is 6.30. The lowest BCUT2D eigenvalue weighted by molar-refractivity contribution is -0.385. The highest BCUT2D eigenvalue weighted by atomic mass is 35.5. The second kappa shape index (κ2) is 6.97. The molecule has 2 amide bonds. The fourth-order valence-corrected chi connectivity index (χ4v) is 3.09. The first kappa shape index (κ1) is 17.6. The van der Waals surface area contributed by atoms with Crippen LogP contribution in [0.2, 0.25) is 5.02 Å². The number of halogens is 1. The van der Waals surface area contributed by atoms with Gasteiger partial charge >= 0.3 is 6.03 Å². The second-order valence-electron chi connectivity index (χ2n) is 5.77. The first-order valence-electron chi connectivity index (χ1n) is 7.68. The van der Waals surface area contributed by atoms with Gasteiger partial charge in [-0.1, -0.05) is 36.4 Å². The minimum Gasteiger partial charge on any atom is -0.330 e. The predicted octanol–water partition coefficient (Wildman–Crippen LogP) is 3.61. The minimum atomic E-state index is -0.916. The molecule has 1 aliphatic heterocycles. The Balaban J connectivity index is 2.07. The summed E-state index contributed by atoms with van der Waals surface area (Å²) in [6.45, 7) is 3.77. The monoisotopic (exact) mass is 371 g/mol. The topological polar surface area (TPSA) is 101 Å². The van der Waals surface area contributed by atoms with Crippen molar-refractivity contribution in [1.82, 2.24) is 10.6 Å². The Labute approximate surface area is 153 Å². The highest BCUT2D eigenvalue weighted by Crippen LogP contribution is 2.36. The van der Waals surface area contributed by atoms with E-state index in [0.717, 1.165) is 0 Å². The van der Waals surface area contributed by atoms with Crippen LogP contribution < -0.4 is 10.6 Å². The summed E-state index contributed by atoms with van der Waals surface area (Å²) in [6, 6.07) is 10.8. The molecule has 2 aromatic carbocycles. The van der Waals surface area contributed by atoms with E-state index in [4.69, 9.17) is 11.6 Å². The Hall–Kier alpha value is -3.19. The lowest BCUT2D eigenvalue weighted by Crippen LogP contribution is -2.50. The molecule has 3 rings (SSSR count). The van der Waals surface area contributed by atoms with Gasteiger partial charge < -0.3 is 10.6 Å². The summed E-state index contributed by atoms with van der Waals surface area (Å²) in [6.07, 6.45) is 0. The van der Waals surface area contributed by atoms with Crippen LogP contribution in [0.4, 0.5) is 10.5 Å².